The van der Waals surface area contributed by atoms with Gasteiger partial charge in [0.05, 0.1) is 0 Å². The summed E-state index contributed by atoms with van der Waals surface area (Å²) in [6.45, 7) is 6.63. The largest absolute Gasteiger partial charge is 0.451 e. The molecule has 1 aromatic heterocycles. The Hall–Kier alpha value is -1.81. The second kappa shape index (κ2) is 5.67. The van der Waals surface area contributed by atoms with Crippen LogP contribution in [0.2, 0.25) is 0 Å². The molecular formula is C16H21NO3. The average Bonchev–Trinajstić information content (AvgIpc) is 2.79. The van der Waals surface area contributed by atoms with Crippen molar-refractivity contribution in [2.24, 2.45) is 5.41 Å². The van der Waals surface area contributed by atoms with Gasteiger partial charge in [0, 0.05) is 18.5 Å². The molecule has 2 aromatic rings. The standard InChI is InChI=1S/C16H21NO3/c1-11-4-5-13-12(8-11)9-14(20-13)15(19)17-10-16(2,3)6-7-18/h4-5,8-9,18H,6-7,10H2,1-3H3,(H,17,19). The molecule has 0 unspecified atom stereocenters. The lowest BCUT2D eigenvalue weighted by molar-refractivity contribution is 0.0902. The molecule has 108 valence electrons. The molecule has 0 aliphatic carbocycles. The molecule has 0 aliphatic heterocycles. The third kappa shape index (κ3) is 3.39. The zero-order chi connectivity index (χ0) is 14.8. The summed E-state index contributed by atoms with van der Waals surface area (Å²) >= 11 is 0. The number of aliphatic hydroxyl groups excluding tert-OH is 1. The maximum atomic E-state index is 12.1. The van der Waals surface area contributed by atoms with Gasteiger partial charge in [-0.05, 0) is 37.0 Å². The summed E-state index contributed by atoms with van der Waals surface area (Å²) in [7, 11) is 0. The first-order chi connectivity index (χ1) is 9.41. The van der Waals surface area contributed by atoms with Crippen molar-refractivity contribution < 1.29 is 14.3 Å². The molecule has 0 saturated carbocycles. The predicted octanol–water partition coefficient (Wildman–Crippen LogP) is 2.88. The summed E-state index contributed by atoms with van der Waals surface area (Å²) in [5.74, 6) is 0.107. The van der Waals surface area contributed by atoms with Crippen LogP contribution < -0.4 is 5.32 Å². The van der Waals surface area contributed by atoms with Crippen molar-refractivity contribution in [1.82, 2.24) is 5.32 Å². The second-order valence-corrected chi connectivity index (χ2v) is 5.97. The van der Waals surface area contributed by atoms with Crippen molar-refractivity contribution in [2.45, 2.75) is 27.2 Å². The Labute approximate surface area is 118 Å². The highest BCUT2D eigenvalue weighted by atomic mass is 16.3. The minimum atomic E-state index is -0.218. The van der Waals surface area contributed by atoms with Crippen LogP contribution in [0.5, 0.6) is 0 Å². The molecule has 2 rings (SSSR count). The number of amides is 1. The molecule has 0 aliphatic rings. The van der Waals surface area contributed by atoms with E-state index in [1.54, 1.807) is 6.07 Å². The smallest absolute Gasteiger partial charge is 0.287 e. The van der Waals surface area contributed by atoms with Crippen LogP contribution >= 0.6 is 0 Å². The number of aryl methyl sites for hydroxylation is 1. The van der Waals surface area contributed by atoms with Gasteiger partial charge in [-0.2, -0.15) is 0 Å². The fourth-order valence-electron chi connectivity index (χ4n) is 2.07. The molecule has 1 heterocycles. The summed E-state index contributed by atoms with van der Waals surface area (Å²) in [4.78, 5) is 12.1. The SMILES string of the molecule is Cc1ccc2oc(C(=O)NCC(C)(C)CCO)cc2c1. The number of benzene rings is 1. The Balaban J connectivity index is 2.08. The molecule has 1 aromatic carbocycles. The normalized spacial score (nSPS) is 11.8. The number of fused-ring (bicyclic) bond motifs is 1. The molecule has 0 spiro atoms. The second-order valence-electron chi connectivity index (χ2n) is 5.97. The Kier molecular flexibility index (Phi) is 4.14. The fourth-order valence-corrected chi connectivity index (χ4v) is 2.07. The predicted molar refractivity (Wildman–Crippen MR) is 78.8 cm³/mol. The molecule has 20 heavy (non-hydrogen) atoms. The number of carbonyl (C=O) groups excluding carboxylic acids is 1. The van der Waals surface area contributed by atoms with Crippen molar-refractivity contribution >= 4 is 16.9 Å². The van der Waals surface area contributed by atoms with Gasteiger partial charge in [-0.25, -0.2) is 0 Å². The molecule has 2 N–H and O–H groups in total. The third-order valence-corrected chi connectivity index (χ3v) is 3.41. The third-order valence-electron chi connectivity index (χ3n) is 3.41. The van der Waals surface area contributed by atoms with Crippen LogP contribution in [0.1, 0.15) is 36.4 Å². The first-order valence-corrected chi connectivity index (χ1v) is 6.80. The molecule has 4 heteroatoms. The Morgan fingerprint density at radius 3 is 2.80 bits per heavy atom. The lowest BCUT2D eigenvalue weighted by Crippen LogP contribution is -2.34. The summed E-state index contributed by atoms with van der Waals surface area (Å²) in [5.41, 5.74) is 1.72. The van der Waals surface area contributed by atoms with E-state index in [0.29, 0.717) is 18.7 Å². The highest BCUT2D eigenvalue weighted by Gasteiger charge is 2.20. The zero-order valence-electron chi connectivity index (χ0n) is 12.2. The number of rotatable bonds is 5. The van der Waals surface area contributed by atoms with E-state index in [1.165, 1.54) is 0 Å². The number of nitrogens with one attached hydrogen (secondary N) is 1. The molecule has 0 saturated heterocycles. The van der Waals surface area contributed by atoms with E-state index >= 15 is 0 Å². The Morgan fingerprint density at radius 1 is 1.35 bits per heavy atom. The van der Waals surface area contributed by atoms with E-state index in [9.17, 15) is 4.79 Å². The van der Waals surface area contributed by atoms with Crippen molar-refractivity contribution in [1.29, 1.82) is 0 Å². The highest BCUT2D eigenvalue weighted by molar-refractivity contribution is 5.96. The van der Waals surface area contributed by atoms with E-state index in [4.69, 9.17) is 9.52 Å². The van der Waals surface area contributed by atoms with E-state index in [1.807, 2.05) is 39.0 Å². The molecule has 0 radical (unpaired) electrons. The summed E-state index contributed by atoms with van der Waals surface area (Å²) in [5, 5.41) is 12.8. The molecule has 1 amide bonds. The van der Waals surface area contributed by atoms with E-state index < -0.39 is 0 Å². The number of furan rings is 1. The minimum absolute atomic E-state index is 0.118. The van der Waals surface area contributed by atoms with Crippen LogP contribution in [0.25, 0.3) is 11.0 Å². The molecule has 0 fully saturated rings. The van der Waals surface area contributed by atoms with E-state index in [2.05, 4.69) is 5.32 Å². The average molecular weight is 275 g/mol. The number of hydrogen-bond donors (Lipinski definition) is 2. The molecule has 4 nitrogen and oxygen atoms in total. The van der Waals surface area contributed by atoms with Crippen LogP contribution in [0.15, 0.2) is 28.7 Å². The molecule has 0 bridgehead atoms. The van der Waals surface area contributed by atoms with Gasteiger partial charge in [0.15, 0.2) is 5.76 Å². The van der Waals surface area contributed by atoms with Crippen molar-refractivity contribution in [2.75, 3.05) is 13.2 Å². The van der Waals surface area contributed by atoms with Crippen LogP contribution in [-0.2, 0) is 0 Å². The number of carbonyl (C=O) groups is 1. The van der Waals surface area contributed by atoms with Crippen LogP contribution in [0.4, 0.5) is 0 Å². The lowest BCUT2D eigenvalue weighted by Gasteiger charge is -2.23. The van der Waals surface area contributed by atoms with Crippen LogP contribution in [0, 0.1) is 12.3 Å². The fraction of sp³-hybridized carbons (Fsp3) is 0.438. The van der Waals surface area contributed by atoms with Gasteiger partial charge in [0.1, 0.15) is 5.58 Å². The Bertz CT molecular complexity index is 613. The van der Waals surface area contributed by atoms with E-state index in [-0.39, 0.29) is 17.9 Å². The van der Waals surface area contributed by atoms with Gasteiger partial charge >= 0.3 is 0 Å². The molecule has 0 atom stereocenters. The van der Waals surface area contributed by atoms with Crippen molar-refractivity contribution in [3.05, 3.63) is 35.6 Å². The first kappa shape index (κ1) is 14.6. The monoisotopic (exact) mass is 275 g/mol. The number of aliphatic hydroxyl groups is 1. The number of hydrogen-bond acceptors (Lipinski definition) is 3. The topological polar surface area (TPSA) is 62.5 Å². The Morgan fingerprint density at radius 2 is 2.10 bits per heavy atom. The maximum absolute atomic E-state index is 12.1. The van der Waals surface area contributed by atoms with Crippen molar-refractivity contribution in [3.8, 4) is 0 Å². The van der Waals surface area contributed by atoms with Gasteiger partial charge in [-0.3, -0.25) is 4.79 Å². The lowest BCUT2D eigenvalue weighted by atomic mass is 9.90. The van der Waals surface area contributed by atoms with Crippen molar-refractivity contribution in [3.63, 3.8) is 0 Å². The zero-order valence-corrected chi connectivity index (χ0v) is 12.2. The summed E-state index contributed by atoms with van der Waals surface area (Å²) < 4.78 is 5.55. The first-order valence-electron chi connectivity index (χ1n) is 6.80. The van der Waals surface area contributed by atoms with E-state index in [0.717, 1.165) is 16.5 Å². The minimum Gasteiger partial charge on any atom is -0.451 e. The summed E-state index contributed by atoms with van der Waals surface area (Å²) in [6, 6.07) is 7.58. The maximum Gasteiger partial charge on any atom is 0.287 e. The summed E-state index contributed by atoms with van der Waals surface area (Å²) in [6.07, 6.45) is 0.645. The van der Waals surface area contributed by atoms with Crippen LogP contribution in [0.3, 0.4) is 0 Å². The van der Waals surface area contributed by atoms with Gasteiger partial charge in [0.2, 0.25) is 0 Å². The van der Waals surface area contributed by atoms with Gasteiger partial charge < -0.3 is 14.8 Å². The molecular weight excluding hydrogens is 254 g/mol. The highest BCUT2D eigenvalue weighted by Crippen LogP contribution is 2.21. The van der Waals surface area contributed by atoms with Crippen LogP contribution in [-0.4, -0.2) is 24.2 Å². The quantitative estimate of drug-likeness (QED) is 0.882. The van der Waals surface area contributed by atoms with Gasteiger partial charge in [0.25, 0.3) is 5.91 Å². The van der Waals surface area contributed by atoms with Gasteiger partial charge in [-0.15, -0.1) is 0 Å². The van der Waals surface area contributed by atoms with Gasteiger partial charge in [-0.1, -0.05) is 25.5 Å².